The Bertz CT molecular complexity index is 1210. The number of nitrogens with one attached hydrogen (secondary N) is 1. The standard InChI is InChI=1S/C24H24Cl2N4O4/c1-14-3-4-16(24(32)33-2)11-20(14)27-23(31)15-7-9-30(10-8-15)13-21-28-22(29-34-21)18-6-5-17(25)12-19(18)26/h3-6,11-12,15H,7-10,13H2,1-2H3,(H,27,31). The number of esters is 1. The first-order valence-electron chi connectivity index (χ1n) is 10.8. The summed E-state index contributed by atoms with van der Waals surface area (Å²) in [5.74, 6) is 0.284. The minimum Gasteiger partial charge on any atom is -0.465 e. The summed E-state index contributed by atoms with van der Waals surface area (Å²) in [6.07, 6.45) is 1.40. The molecule has 0 unspecified atom stereocenters. The second-order valence-corrected chi connectivity index (χ2v) is 9.04. The van der Waals surface area contributed by atoms with Crippen molar-refractivity contribution < 1.29 is 18.8 Å². The van der Waals surface area contributed by atoms with E-state index in [1.807, 2.05) is 6.92 Å². The zero-order chi connectivity index (χ0) is 24.2. The summed E-state index contributed by atoms with van der Waals surface area (Å²) in [4.78, 5) is 31.3. The van der Waals surface area contributed by atoms with Gasteiger partial charge in [0.05, 0.1) is 24.2 Å². The summed E-state index contributed by atoms with van der Waals surface area (Å²) in [6, 6.07) is 10.2. The van der Waals surface area contributed by atoms with E-state index in [1.165, 1.54) is 7.11 Å². The first-order chi connectivity index (χ1) is 16.3. The van der Waals surface area contributed by atoms with Crippen LogP contribution >= 0.6 is 23.2 Å². The maximum atomic E-state index is 12.8. The zero-order valence-corrected chi connectivity index (χ0v) is 20.3. The number of hydrogen-bond donors (Lipinski definition) is 1. The highest BCUT2D eigenvalue weighted by Crippen LogP contribution is 2.29. The van der Waals surface area contributed by atoms with Crippen molar-refractivity contribution in [3.05, 3.63) is 63.5 Å². The van der Waals surface area contributed by atoms with Gasteiger partial charge in [-0.2, -0.15) is 4.98 Å². The molecule has 0 atom stereocenters. The van der Waals surface area contributed by atoms with Gasteiger partial charge < -0.3 is 14.6 Å². The predicted molar refractivity (Wildman–Crippen MR) is 129 cm³/mol. The van der Waals surface area contributed by atoms with Gasteiger partial charge in [0.2, 0.25) is 17.6 Å². The summed E-state index contributed by atoms with van der Waals surface area (Å²) in [5, 5.41) is 7.99. The molecule has 2 heterocycles. The van der Waals surface area contributed by atoms with Crippen LogP contribution in [0, 0.1) is 12.8 Å². The molecule has 1 fully saturated rings. The minimum absolute atomic E-state index is 0.0535. The van der Waals surface area contributed by atoms with Gasteiger partial charge in [0.1, 0.15) is 0 Å². The van der Waals surface area contributed by atoms with Crippen LogP contribution < -0.4 is 5.32 Å². The molecule has 1 saturated heterocycles. The lowest BCUT2D eigenvalue weighted by Gasteiger charge is -2.30. The van der Waals surface area contributed by atoms with Crippen LogP contribution in [0.3, 0.4) is 0 Å². The van der Waals surface area contributed by atoms with Crippen molar-refractivity contribution in [2.45, 2.75) is 26.3 Å². The van der Waals surface area contributed by atoms with Crippen molar-refractivity contribution >= 4 is 40.8 Å². The van der Waals surface area contributed by atoms with Crippen LogP contribution in [0.25, 0.3) is 11.4 Å². The number of carbonyl (C=O) groups is 2. The molecule has 0 radical (unpaired) electrons. The lowest BCUT2D eigenvalue weighted by atomic mass is 9.95. The number of rotatable bonds is 6. The van der Waals surface area contributed by atoms with E-state index < -0.39 is 5.97 Å². The molecule has 0 spiro atoms. The molecule has 1 aliphatic rings. The average Bonchev–Trinajstić information content (AvgIpc) is 3.28. The van der Waals surface area contributed by atoms with Gasteiger partial charge in [-0.05, 0) is 68.8 Å². The summed E-state index contributed by atoms with van der Waals surface area (Å²) < 4.78 is 10.2. The van der Waals surface area contributed by atoms with E-state index in [9.17, 15) is 9.59 Å². The average molecular weight is 503 g/mol. The van der Waals surface area contributed by atoms with Gasteiger partial charge >= 0.3 is 5.97 Å². The van der Waals surface area contributed by atoms with Crippen molar-refractivity contribution in [3.63, 3.8) is 0 Å². The normalized spacial score (nSPS) is 14.7. The third-order valence-electron chi connectivity index (χ3n) is 5.87. The Morgan fingerprint density at radius 3 is 2.65 bits per heavy atom. The minimum atomic E-state index is -0.439. The van der Waals surface area contributed by atoms with Gasteiger partial charge in [-0.1, -0.05) is 34.4 Å². The van der Waals surface area contributed by atoms with E-state index >= 15 is 0 Å². The van der Waals surface area contributed by atoms with Crippen LogP contribution in [0.5, 0.6) is 0 Å². The fourth-order valence-electron chi connectivity index (χ4n) is 3.88. The molecular weight excluding hydrogens is 479 g/mol. The number of halogens is 2. The highest BCUT2D eigenvalue weighted by molar-refractivity contribution is 6.36. The number of piperidine rings is 1. The number of likely N-dealkylation sites (tertiary alicyclic amines) is 1. The first-order valence-corrected chi connectivity index (χ1v) is 11.6. The molecule has 8 nitrogen and oxygen atoms in total. The third kappa shape index (κ3) is 5.58. The monoisotopic (exact) mass is 502 g/mol. The Hall–Kier alpha value is -2.94. The first kappa shape index (κ1) is 24.2. The van der Waals surface area contributed by atoms with E-state index in [-0.39, 0.29) is 11.8 Å². The van der Waals surface area contributed by atoms with Crippen molar-refractivity contribution in [1.29, 1.82) is 0 Å². The summed E-state index contributed by atoms with van der Waals surface area (Å²) in [5.41, 5.74) is 2.56. The Labute approximate surface area is 207 Å². The molecule has 0 saturated carbocycles. The van der Waals surface area contributed by atoms with Gasteiger partial charge in [0.25, 0.3) is 0 Å². The molecule has 34 heavy (non-hydrogen) atoms. The van der Waals surface area contributed by atoms with Gasteiger partial charge in [-0.25, -0.2) is 4.79 Å². The van der Waals surface area contributed by atoms with E-state index in [1.54, 1.807) is 36.4 Å². The fraction of sp³-hybridized carbons (Fsp3) is 0.333. The molecule has 2 aromatic carbocycles. The van der Waals surface area contributed by atoms with Crippen LogP contribution in [0.2, 0.25) is 10.0 Å². The lowest BCUT2D eigenvalue weighted by molar-refractivity contribution is -0.121. The number of ether oxygens (including phenoxy) is 1. The topological polar surface area (TPSA) is 97.6 Å². The summed E-state index contributed by atoms with van der Waals surface area (Å²) in [7, 11) is 1.33. The van der Waals surface area contributed by atoms with Gasteiger partial charge in [0, 0.05) is 22.2 Å². The van der Waals surface area contributed by atoms with Crippen LogP contribution in [0.4, 0.5) is 5.69 Å². The molecule has 1 N–H and O–H groups in total. The van der Waals surface area contributed by atoms with Crippen LogP contribution in [-0.2, 0) is 16.1 Å². The van der Waals surface area contributed by atoms with Crippen LogP contribution in [-0.4, -0.2) is 47.1 Å². The number of nitrogens with zero attached hydrogens (tertiary/aromatic N) is 3. The highest BCUT2D eigenvalue weighted by Gasteiger charge is 2.26. The Kier molecular flexibility index (Phi) is 7.50. The Balaban J connectivity index is 1.32. The van der Waals surface area contributed by atoms with Crippen molar-refractivity contribution in [1.82, 2.24) is 15.0 Å². The molecule has 0 aliphatic carbocycles. The number of aromatic nitrogens is 2. The van der Waals surface area contributed by atoms with Gasteiger partial charge in [0.15, 0.2) is 0 Å². The molecule has 1 aromatic heterocycles. The molecule has 0 bridgehead atoms. The van der Waals surface area contributed by atoms with E-state index in [4.69, 9.17) is 32.5 Å². The lowest BCUT2D eigenvalue weighted by Crippen LogP contribution is -2.37. The quantitative estimate of drug-likeness (QED) is 0.474. The second kappa shape index (κ2) is 10.5. The molecule has 178 valence electrons. The molecule has 10 heteroatoms. The van der Waals surface area contributed by atoms with Gasteiger partial charge in [-0.15, -0.1) is 0 Å². The molecule has 1 amide bonds. The van der Waals surface area contributed by atoms with Gasteiger partial charge in [-0.3, -0.25) is 9.69 Å². The van der Waals surface area contributed by atoms with E-state index in [0.717, 1.165) is 18.7 Å². The Morgan fingerprint density at radius 1 is 1.18 bits per heavy atom. The number of anilines is 1. The van der Waals surface area contributed by atoms with Crippen molar-refractivity contribution in [2.24, 2.45) is 5.92 Å². The highest BCUT2D eigenvalue weighted by atomic mass is 35.5. The number of amides is 1. The van der Waals surface area contributed by atoms with E-state index in [0.29, 0.717) is 58.0 Å². The number of benzene rings is 2. The summed E-state index contributed by atoms with van der Waals surface area (Å²) >= 11 is 12.2. The maximum Gasteiger partial charge on any atom is 0.337 e. The number of aryl methyl sites for hydroxylation is 1. The Morgan fingerprint density at radius 2 is 1.94 bits per heavy atom. The van der Waals surface area contributed by atoms with Crippen molar-refractivity contribution in [3.8, 4) is 11.4 Å². The molecule has 4 rings (SSSR count). The van der Waals surface area contributed by atoms with Crippen LogP contribution in [0.15, 0.2) is 40.9 Å². The van der Waals surface area contributed by atoms with E-state index in [2.05, 4.69) is 20.4 Å². The number of methoxy groups -OCH3 is 1. The number of hydrogen-bond acceptors (Lipinski definition) is 7. The fourth-order valence-corrected chi connectivity index (χ4v) is 4.37. The third-order valence-corrected chi connectivity index (χ3v) is 6.42. The molecular formula is C24H24Cl2N4O4. The SMILES string of the molecule is COC(=O)c1ccc(C)c(NC(=O)C2CCN(Cc3nc(-c4ccc(Cl)cc4Cl)no3)CC2)c1. The number of carbonyl (C=O) groups excluding carboxylic acids is 2. The summed E-state index contributed by atoms with van der Waals surface area (Å²) in [6.45, 7) is 3.82. The smallest absolute Gasteiger partial charge is 0.337 e. The molecule has 3 aromatic rings. The molecule has 1 aliphatic heterocycles. The maximum absolute atomic E-state index is 12.8. The predicted octanol–water partition coefficient (Wildman–Crippen LogP) is 4.99. The largest absolute Gasteiger partial charge is 0.465 e. The van der Waals surface area contributed by atoms with Crippen molar-refractivity contribution in [2.75, 3.05) is 25.5 Å². The zero-order valence-electron chi connectivity index (χ0n) is 18.8. The van der Waals surface area contributed by atoms with Crippen LogP contribution in [0.1, 0.15) is 34.7 Å². The second-order valence-electron chi connectivity index (χ2n) is 8.20.